The molecule has 0 fully saturated rings. The molecule has 0 bridgehead atoms. The zero-order valence-electron chi connectivity index (χ0n) is 34.4. The summed E-state index contributed by atoms with van der Waals surface area (Å²) in [5.74, 6) is -1.00. The standard InChI is InChI=1S/C25H29NO8.C21H25NO7/c1-14(2)24(31)33-13-21(28)23(30)22(29)20(27)11-26-25(32)34-12-19-17-9-5-3-7-15(17)16-8-4-6-10-18(16)19;23-10-18(25)20(27)19(26)17(24)9-22-21(28)29-11-16-14-7-3-1-5-12(14)13-6-2-4-8-15(13)16/h3-10,19-23,27-30H,1,11-13H2,2H3,(H,26,32);1-8,16-20,23-27H,9-11H2,(H,22,28). The molecule has 2 amide bonds. The molecular formula is C46H54N2O15. The van der Waals surface area contributed by atoms with E-state index >= 15 is 0 Å². The Morgan fingerprint density at radius 3 is 1.17 bits per heavy atom. The summed E-state index contributed by atoms with van der Waals surface area (Å²) in [6.45, 7) is 2.77. The highest BCUT2D eigenvalue weighted by Crippen LogP contribution is 2.45. The van der Waals surface area contributed by atoms with E-state index in [4.69, 9.17) is 19.3 Å². The van der Waals surface area contributed by atoms with Crippen molar-refractivity contribution >= 4 is 18.2 Å². The molecule has 6 rings (SSSR count). The van der Waals surface area contributed by atoms with Crippen molar-refractivity contribution in [3.63, 3.8) is 0 Å². The quantitative estimate of drug-likeness (QED) is 0.0379. The molecule has 0 saturated carbocycles. The third kappa shape index (κ3) is 12.1. The molecule has 0 aliphatic heterocycles. The molecule has 0 heterocycles. The van der Waals surface area contributed by atoms with E-state index < -0.39 is 93.3 Å². The third-order valence-corrected chi connectivity index (χ3v) is 10.8. The van der Waals surface area contributed by atoms with E-state index in [9.17, 15) is 55.2 Å². The van der Waals surface area contributed by atoms with Gasteiger partial charge in [0.15, 0.2) is 0 Å². The van der Waals surface area contributed by atoms with Crippen LogP contribution in [0.2, 0.25) is 0 Å². The molecule has 4 aromatic carbocycles. The van der Waals surface area contributed by atoms with Crippen LogP contribution in [0.1, 0.15) is 41.0 Å². The van der Waals surface area contributed by atoms with Crippen LogP contribution >= 0.6 is 0 Å². The summed E-state index contributed by atoms with van der Waals surface area (Å²) in [7, 11) is 0. The van der Waals surface area contributed by atoms with E-state index in [0.717, 1.165) is 44.5 Å². The van der Waals surface area contributed by atoms with Gasteiger partial charge in [0.05, 0.1) is 18.8 Å². The van der Waals surface area contributed by atoms with Gasteiger partial charge in [-0.3, -0.25) is 0 Å². The predicted molar refractivity (Wildman–Crippen MR) is 227 cm³/mol. The fourth-order valence-electron chi connectivity index (χ4n) is 7.32. The lowest BCUT2D eigenvalue weighted by Crippen LogP contribution is -2.50. The summed E-state index contributed by atoms with van der Waals surface area (Å²) in [6.07, 6.45) is -15.1. The number of benzene rings is 4. The van der Waals surface area contributed by atoms with E-state index in [1.165, 1.54) is 6.92 Å². The Kier molecular flexibility index (Phi) is 17.3. The monoisotopic (exact) mass is 874 g/mol. The zero-order valence-corrected chi connectivity index (χ0v) is 34.4. The van der Waals surface area contributed by atoms with Gasteiger partial charge in [0, 0.05) is 30.5 Å². The van der Waals surface area contributed by atoms with Gasteiger partial charge in [0.2, 0.25) is 0 Å². The predicted octanol–water partition coefficient (Wildman–Crippen LogP) is 1.05. The Hall–Kier alpha value is -5.73. The van der Waals surface area contributed by atoms with Crippen molar-refractivity contribution < 1.29 is 74.6 Å². The van der Waals surface area contributed by atoms with Crippen LogP contribution in [-0.2, 0) is 19.0 Å². The number of carbonyl (C=O) groups is 3. The number of aliphatic hydroxyl groups excluding tert-OH is 9. The van der Waals surface area contributed by atoms with Gasteiger partial charge in [-0.25, -0.2) is 14.4 Å². The zero-order chi connectivity index (χ0) is 45.8. The number of hydrogen-bond donors (Lipinski definition) is 11. The van der Waals surface area contributed by atoms with Crippen LogP contribution in [0, 0.1) is 0 Å². The van der Waals surface area contributed by atoms with Gasteiger partial charge >= 0.3 is 18.2 Å². The van der Waals surface area contributed by atoms with Crippen LogP contribution in [0.4, 0.5) is 9.59 Å². The average Bonchev–Trinajstić information content (AvgIpc) is 3.80. The molecule has 11 N–H and O–H groups in total. The summed E-state index contributed by atoms with van der Waals surface area (Å²) >= 11 is 0. The fourth-order valence-corrected chi connectivity index (χ4v) is 7.32. The normalized spacial score (nSPS) is 16.4. The van der Waals surface area contributed by atoms with Crippen molar-refractivity contribution in [2.24, 2.45) is 0 Å². The number of fused-ring (bicyclic) bond motifs is 6. The first-order chi connectivity index (χ1) is 30.1. The topological polar surface area (TPSA) is 285 Å². The van der Waals surface area contributed by atoms with E-state index in [-0.39, 0.29) is 30.6 Å². The molecule has 2 aliphatic carbocycles. The van der Waals surface area contributed by atoms with Gasteiger partial charge in [0.1, 0.15) is 56.4 Å². The number of alkyl carbamates (subject to hydrolysis) is 2. The summed E-state index contributed by atoms with van der Waals surface area (Å²) < 4.78 is 15.4. The second-order valence-electron chi connectivity index (χ2n) is 15.2. The van der Waals surface area contributed by atoms with Crippen molar-refractivity contribution in [1.29, 1.82) is 0 Å². The van der Waals surface area contributed by atoms with E-state index in [1.807, 2.05) is 97.1 Å². The van der Waals surface area contributed by atoms with Crippen LogP contribution in [0.3, 0.4) is 0 Å². The average molecular weight is 875 g/mol. The maximum atomic E-state index is 12.2. The number of nitrogens with one attached hydrogen (secondary N) is 2. The van der Waals surface area contributed by atoms with Crippen molar-refractivity contribution in [3.8, 4) is 22.3 Å². The maximum Gasteiger partial charge on any atom is 0.407 e. The van der Waals surface area contributed by atoms with Gasteiger partial charge in [-0.1, -0.05) is 104 Å². The summed E-state index contributed by atoms with van der Waals surface area (Å²) in [4.78, 5) is 35.6. The molecule has 63 heavy (non-hydrogen) atoms. The minimum Gasteiger partial charge on any atom is -0.459 e. The minimum absolute atomic E-state index is 0.0773. The Morgan fingerprint density at radius 1 is 0.524 bits per heavy atom. The number of hydrogen-bond acceptors (Lipinski definition) is 15. The Balaban J connectivity index is 0.000000240. The maximum absolute atomic E-state index is 12.2. The van der Waals surface area contributed by atoms with Crippen LogP contribution in [0.5, 0.6) is 0 Å². The van der Waals surface area contributed by atoms with Gasteiger partial charge in [-0.2, -0.15) is 0 Å². The number of amides is 2. The first kappa shape index (κ1) is 48.3. The number of ether oxygens (including phenoxy) is 3. The Morgan fingerprint density at radius 2 is 0.841 bits per heavy atom. The highest BCUT2D eigenvalue weighted by molar-refractivity contribution is 5.87. The summed E-state index contributed by atoms with van der Waals surface area (Å²) in [6, 6.07) is 31.6. The first-order valence-electron chi connectivity index (χ1n) is 20.2. The van der Waals surface area contributed by atoms with Crippen molar-refractivity contribution in [2.75, 3.05) is 39.5 Å². The number of esters is 1. The molecule has 338 valence electrons. The molecule has 0 spiro atoms. The second kappa shape index (κ2) is 22.6. The summed E-state index contributed by atoms with van der Waals surface area (Å²) in [5, 5.41) is 91.9. The van der Waals surface area contributed by atoms with Crippen molar-refractivity contribution in [1.82, 2.24) is 10.6 Å². The van der Waals surface area contributed by atoms with Crippen molar-refractivity contribution in [3.05, 3.63) is 131 Å². The largest absolute Gasteiger partial charge is 0.459 e. The molecule has 0 saturated heterocycles. The molecule has 4 aromatic rings. The lowest BCUT2D eigenvalue weighted by Gasteiger charge is -2.26. The van der Waals surface area contributed by atoms with Gasteiger partial charge < -0.3 is 70.8 Å². The Bertz CT molecular complexity index is 2090. The molecule has 8 atom stereocenters. The molecule has 17 nitrogen and oxygen atoms in total. The van der Waals surface area contributed by atoms with E-state index in [1.54, 1.807) is 0 Å². The lowest BCUT2D eigenvalue weighted by atomic mass is 9.98. The van der Waals surface area contributed by atoms with Gasteiger partial charge in [0.25, 0.3) is 0 Å². The molecule has 2 aliphatic rings. The van der Waals surface area contributed by atoms with Gasteiger partial charge in [-0.05, 0) is 51.4 Å². The van der Waals surface area contributed by atoms with Crippen LogP contribution < -0.4 is 10.6 Å². The lowest BCUT2D eigenvalue weighted by molar-refractivity contribution is -0.150. The second-order valence-corrected chi connectivity index (χ2v) is 15.2. The van der Waals surface area contributed by atoms with Crippen LogP contribution in [0.15, 0.2) is 109 Å². The molecule has 0 radical (unpaired) electrons. The number of aliphatic hydroxyl groups is 9. The smallest absolute Gasteiger partial charge is 0.407 e. The van der Waals surface area contributed by atoms with E-state index in [0.29, 0.717) is 0 Å². The fraction of sp³-hybridized carbons (Fsp3) is 0.370. The minimum atomic E-state index is -1.82. The molecule has 0 aromatic heterocycles. The number of carbonyl (C=O) groups excluding carboxylic acids is 3. The third-order valence-electron chi connectivity index (χ3n) is 10.8. The molecule has 17 heteroatoms. The molecular weight excluding hydrogens is 821 g/mol. The van der Waals surface area contributed by atoms with Crippen LogP contribution in [0.25, 0.3) is 22.3 Å². The summed E-state index contributed by atoms with van der Waals surface area (Å²) in [5.41, 5.74) is 8.73. The molecule has 8 unspecified atom stereocenters. The van der Waals surface area contributed by atoms with Crippen LogP contribution in [-0.4, -0.2) is 152 Å². The highest BCUT2D eigenvalue weighted by atomic mass is 16.6. The highest BCUT2D eigenvalue weighted by Gasteiger charge is 2.34. The Labute approximate surface area is 363 Å². The van der Waals surface area contributed by atoms with Gasteiger partial charge in [-0.15, -0.1) is 0 Å². The number of rotatable bonds is 18. The van der Waals surface area contributed by atoms with E-state index in [2.05, 4.69) is 17.2 Å². The first-order valence-corrected chi connectivity index (χ1v) is 20.2. The van der Waals surface area contributed by atoms with Crippen molar-refractivity contribution in [2.45, 2.75) is 67.6 Å². The SMILES string of the molecule is C=C(C)C(=O)OCC(O)C(O)C(O)C(O)CNC(=O)OCC1c2ccccc2-c2ccccc21.O=C(NCC(O)C(O)C(O)C(O)CO)OCC1c2ccccc2-c2ccccc21.